The number of rotatable bonds is 8. The topological polar surface area (TPSA) is 93.8 Å². The van der Waals surface area contributed by atoms with Crippen LogP contribution in [0.15, 0.2) is 54.6 Å². The number of hydrogen-bond donors (Lipinski definition) is 3. The van der Waals surface area contributed by atoms with Gasteiger partial charge in [0.15, 0.2) is 0 Å². The van der Waals surface area contributed by atoms with Crippen LogP contribution in [0.2, 0.25) is 0 Å². The van der Waals surface area contributed by atoms with Gasteiger partial charge in [0.25, 0.3) is 0 Å². The van der Waals surface area contributed by atoms with Crippen molar-refractivity contribution in [1.82, 2.24) is 20.9 Å². The summed E-state index contributed by atoms with van der Waals surface area (Å²) in [5.41, 5.74) is 2.66. The lowest BCUT2D eigenvalue weighted by Crippen LogP contribution is -2.56. The second-order valence-electron chi connectivity index (χ2n) is 12.0. The summed E-state index contributed by atoms with van der Waals surface area (Å²) in [6, 6.07) is 17.5. The first-order valence-corrected chi connectivity index (χ1v) is 14.9. The monoisotopic (exact) mass is 545 g/mol. The number of nitrogens with one attached hydrogen (secondary N) is 3. The van der Waals surface area contributed by atoms with Crippen molar-refractivity contribution in [2.75, 3.05) is 31.1 Å². The van der Waals surface area contributed by atoms with Crippen LogP contribution in [-0.2, 0) is 21.4 Å². The smallest absolute Gasteiger partial charge is 0.315 e. The number of aryl methyl sites for hydroxylation is 1. The lowest BCUT2D eigenvalue weighted by Gasteiger charge is -2.38. The number of benzene rings is 2. The SMILES string of the molecule is CC1(C)C(=O)N(C2CCN(C(=O)[C@H](CCc3ccccc3)NC(=O)NC[C@@H]3CCCCN3)CC2)c2ccccc21. The first-order valence-electron chi connectivity index (χ1n) is 14.9. The number of fused-ring (bicyclic) bond motifs is 1. The van der Waals surface area contributed by atoms with E-state index in [1.807, 2.05) is 78.2 Å². The normalized spacial score (nSPS) is 21.6. The summed E-state index contributed by atoms with van der Waals surface area (Å²) in [5.74, 6) is 0.0822. The van der Waals surface area contributed by atoms with E-state index in [0.29, 0.717) is 45.3 Å². The molecule has 5 rings (SSSR count). The van der Waals surface area contributed by atoms with Crippen LogP contribution in [0.5, 0.6) is 0 Å². The number of carbonyl (C=O) groups excluding carboxylic acids is 3. The summed E-state index contributed by atoms with van der Waals surface area (Å²) in [5, 5.41) is 9.41. The number of carbonyl (C=O) groups is 3. The van der Waals surface area contributed by atoms with Crippen molar-refractivity contribution in [3.63, 3.8) is 0 Å². The van der Waals surface area contributed by atoms with E-state index in [-0.39, 0.29) is 29.9 Å². The van der Waals surface area contributed by atoms with E-state index in [9.17, 15) is 14.4 Å². The molecule has 2 saturated heterocycles. The van der Waals surface area contributed by atoms with Gasteiger partial charge in [0.05, 0.1) is 5.41 Å². The van der Waals surface area contributed by atoms with Gasteiger partial charge in [-0.15, -0.1) is 0 Å². The van der Waals surface area contributed by atoms with Crippen molar-refractivity contribution in [3.05, 3.63) is 65.7 Å². The van der Waals surface area contributed by atoms with Crippen LogP contribution < -0.4 is 20.9 Å². The zero-order valence-corrected chi connectivity index (χ0v) is 23.8. The second-order valence-corrected chi connectivity index (χ2v) is 12.0. The second kappa shape index (κ2) is 12.4. The Balaban J connectivity index is 1.21. The average Bonchev–Trinajstić information content (AvgIpc) is 3.19. The van der Waals surface area contributed by atoms with Crippen molar-refractivity contribution in [3.8, 4) is 0 Å². The van der Waals surface area contributed by atoms with Gasteiger partial charge >= 0.3 is 6.03 Å². The Bertz CT molecular complexity index is 1190. The number of urea groups is 1. The van der Waals surface area contributed by atoms with E-state index >= 15 is 0 Å². The first-order chi connectivity index (χ1) is 19.3. The molecular weight excluding hydrogens is 502 g/mol. The predicted molar refractivity (Wildman–Crippen MR) is 157 cm³/mol. The maximum atomic E-state index is 13.7. The minimum absolute atomic E-state index is 0.0474. The molecule has 0 unspecified atom stereocenters. The van der Waals surface area contributed by atoms with E-state index in [1.54, 1.807) is 0 Å². The van der Waals surface area contributed by atoms with Gasteiger partial charge in [0, 0.05) is 37.4 Å². The lowest BCUT2D eigenvalue weighted by atomic mass is 9.86. The molecule has 3 aliphatic rings. The highest BCUT2D eigenvalue weighted by Gasteiger charge is 2.46. The molecular formula is C32H43N5O3. The van der Waals surface area contributed by atoms with E-state index in [1.165, 1.54) is 12.8 Å². The molecule has 2 atom stereocenters. The predicted octanol–water partition coefficient (Wildman–Crippen LogP) is 3.74. The molecule has 3 aliphatic heterocycles. The third-order valence-electron chi connectivity index (χ3n) is 8.82. The Hall–Kier alpha value is -3.39. The molecule has 0 aliphatic carbocycles. The van der Waals surface area contributed by atoms with Gasteiger partial charge in [-0.05, 0) is 76.1 Å². The zero-order valence-electron chi connectivity index (χ0n) is 23.8. The van der Waals surface area contributed by atoms with Gasteiger partial charge in [-0.2, -0.15) is 0 Å². The van der Waals surface area contributed by atoms with Gasteiger partial charge in [0.2, 0.25) is 11.8 Å². The van der Waals surface area contributed by atoms with Gasteiger partial charge in [-0.25, -0.2) is 4.79 Å². The maximum Gasteiger partial charge on any atom is 0.315 e. The molecule has 2 aromatic rings. The molecule has 0 aromatic heterocycles. The van der Waals surface area contributed by atoms with Crippen LogP contribution in [0.1, 0.15) is 63.5 Å². The summed E-state index contributed by atoms with van der Waals surface area (Å²) >= 11 is 0. The summed E-state index contributed by atoms with van der Waals surface area (Å²) in [7, 11) is 0. The van der Waals surface area contributed by atoms with Crippen molar-refractivity contribution >= 4 is 23.5 Å². The molecule has 4 amide bonds. The molecule has 2 fully saturated rings. The maximum absolute atomic E-state index is 13.7. The fourth-order valence-electron chi connectivity index (χ4n) is 6.40. The Kier molecular flexibility index (Phi) is 8.74. The van der Waals surface area contributed by atoms with Crippen LogP contribution in [0.4, 0.5) is 10.5 Å². The molecule has 0 spiro atoms. The van der Waals surface area contributed by atoms with Crippen LogP contribution in [0, 0.1) is 0 Å². The average molecular weight is 546 g/mol. The molecule has 8 heteroatoms. The summed E-state index contributed by atoms with van der Waals surface area (Å²) in [4.78, 5) is 43.9. The molecule has 40 heavy (non-hydrogen) atoms. The van der Waals surface area contributed by atoms with Crippen LogP contribution >= 0.6 is 0 Å². The summed E-state index contributed by atoms with van der Waals surface area (Å²) < 4.78 is 0. The number of likely N-dealkylation sites (tertiary alicyclic amines) is 1. The molecule has 2 aromatic carbocycles. The standard InChI is InChI=1S/C32H43N5O3/c1-32(2)26-13-6-7-14-28(26)37(30(32)39)25-17-20-36(21-18-25)29(38)27(16-15-23-10-4-3-5-11-23)35-31(40)34-22-24-12-8-9-19-33-24/h3-7,10-11,13-14,24-25,27,33H,8-9,12,15-22H2,1-2H3,(H2,34,35,40)/t24-,27-/m0/s1. The number of hydrogen-bond acceptors (Lipinski definition) is 4. The third-order valence-corrected chi connectivity index (χ3v) is 8.82. The van der Waals surface area contributed by atoms with E-state index < -0.39 is 11.5 Å². The summed E-state index contributed by atoms with van der Waals surface area (Å²) in [6.45, 7) is 6.64. The number of amides is 4. The van der Waals surface area contributed by atoms with E-state index in [2.05, 4.69) is 16.0 Å². The highest BCUT2D eigenvalue weighted by atomic mass is 16.2. The Labute approximate surface area is 237 Å². The van der Waals surface area contributed by atoms with Crippen molar-refractivity contribution in [1.29, 1.82) is 0 Å². The fourth-order valence-corrected chi connectivity index (χ4v) is 6.40. The molecule has 8 nitrogen and oxygen atoms in total. The minimum atomic E-state index is -0.607. The molecule has 0 radical (unpaired) electrons. The Morgan fingerprint density at radius 3 is 2.45 bits per heavy atom. The number of nitrogens with zero attached hydrogens (tertiary/aromatic N) is 2. The fraction of sp³-hybridized carbons (Fsp3) is 0.531. The molecule has 3 N–H and O–H groups in total. The van der Waals surface area contributed by atoms with Crippen LogP contribution in [-0.4, -0.2) is 67.0 Å². The molecule has 3 heterocycles. The number of piperidine rings is 2. The Morgan fingerprint density at radius 2 is 1.73 bits per heavy atom. The number of para-hydroxylation sites is 1. The molecule has 0 bridgehead atoms. The summed E-state index contributed by atoms with van der Waals surface area (Å²) in [6.07, 6.45) is 6.05. The highest BCUT2D eigenvalue weighted by molar-refractivity contribution is 6.08. The van der Waals surface area contributed by atoms with Crippen molar-refractivity contribution in [2.45, 2.75) is 82.3 Å². The van der Waals surface area contributed by atoms with Gasteiger partial charge in [0.1, 0.15) is 6.04 Å². The number of anilines is 1. The van der Waals surface area contributed by atoms with Gasteiger partial charge in [-0.3, -0.25) is 9.59 Å². The Morgan fingerprint density at radius 1 is 1.00 bits per heavy atom. The largest absolute Gasteiger partial charge is 0.341 e. The van der Waals surface area contributed by atoms with Gasteiger partial charge < -0.3 is 25.8 Å². The van der Waals surface area contributed by atoms with Crippen LogP contribution in [0.3, 0.4) is 0 Å². The third kappa shape index (κ3) is 6.17. The molecule has 0 saturated carbocycles. The van der Waals surface area contributed by atoms with Crippen molar-refractivity contribution in [2.24, 2.45) is 0 Å². The lowest BCUT2D eigenvalue weighted by molar-refractivity contribution is -0.134. The zero-order chi connectivity index (χ0) is 28.1. The van der Waals surface area contributed by atoms with Gasteiger partial charge in [-0.1, -0.05) is 55.0 Å². The van der Waals surface area contributed by atoms with Crippen LogP contribution in [0.25, 0.3) is 0 Å². The highest BCUT2D eigenvalue weighted by Crippen LogP contribution is 2.43. The van der Waals surface area contributed by atoms with E-state index in [0.717, 1.165) is 29.8 Å². The van der Waals surface area contributed by atoms with Crippen molar-refractivity contribution < 1.29 is 14.4 Å². The minimum Gasteiger partial charge on any atom is -0.341 e. The quantitative estimate of drug-likeness (QED) is 0.471. The van der Waals surface area contributed by atoms with E-state index in [4.69, 9.17) is 0 Å². The first kappa shape index (κ1) is 28.1. The molecule has 214 valence electrons.